The first kappa shape index (κ1) is 22.4. The van der Waals surface area contributed by atoms with Crippen LogP contribution in [0.15, 0.2) is 29.3 Å². The lowest BCUT2D eigenvalue weighted by molar-refractivity contribution is 0.336. The summed E-state index contributed by atoms with van der Waals surface area (Å²) in [7, 11) is 0. The van der Waals surface area contributed by atoms with Crippen molar-refractivity contribution in [3.05, 3.63) is 41.5 Å². The molecule has 3 rings (SSSR count). The second-order valence-corrected chi connectivity index (χ2v) is 6.58. The smallest absolute Gasteiger partial charge is 0.191 e. The molecule has 0 amide bonds. The van der Waals surface area contributed by atoms with Crippen molar-refractivity contribution in [2.24, 2.45) is 4.99 Å². The molecular weight excluding hydrogens is 467 g/mol. The number of aromatic nitrogens is 3. The van der Waals surface area contributed by atoms with E-state index in [1.165, 1.54) is 19.3 Å². The first-order chi connectivity index (χ1) is 13.3. The van der Waals surface area contributed by atoms with Crippen LogP contribution in [0.2, 0.25) is 0 Å². The van der Waals surface area contributed by atoms with E-state index in [0.29, 0.717) is 19.7 Å². The predicted molar refractivity (Wildman–Crippen MR) is 122 cm³/mol. The summed E-state index contributed by atoms with van der Waals surface area (Å²) in [6, 6.07) is 8.04. The molecule has 1 aromatic heterocycles. The summed E-state index contributed by atoms with van der Waals surface area (Å²) in [6.07, 6.45) is 4.68. The largest absolute Gasteiger partial charge is 0.494 e. The Morgan fingerprint density at radius 1 is 1.14 bits per heavy atom. The third kappa shape index (κ3) is 6.08. The number of aliphatic imine (C=N–C) groups is 1. The minimum atomic E-state index is 0. The van der Waals surface area contributed by atoms with Crippen LogP contribution < -0.4 is 15.4 Å². The Hall–Kier alpha value is -1.84. The average Bonchev–Trinajstić information content (AvgIpc) is 2.91. The van der Waals surface area contributed by atoms with Gasteiger partial charge in [0.25, 0.3) is 0 Å². The second-order valence-electron chi connectivity index (χ2n) is 6.58. The van der Waals surface area contributed by atoms with Crippen LogP contribution in [0.1, 0.15) is 50.3 Å². The summed E-state index contributed by atoms with van der Waals surface area (Å²) in [5.41, 5.74) is 1.08. The first-order valence-electron chi connectivity index (χ1n) is 9.95. The van der Waals surface area contributed by atoms with Crippen molar-refractivity contribution in [3.63, 3.8) is 0 Å². The van der Waals surface area contributed by atoms with Gasteiger partial charge in [-0.1, -0.05) is 24.6 Å². The normalized spacial score (nSPS) is 13.9. The molecule has 2 heterocycles. The number of rotatable bonds is 7. The monoisotopic (exact) mass is 498 g/mol. The van der Waals surface area contributed by atoms with E-state index < -0.39 is 0 Å². The van der Waals surface area contributed by atoms with E-state index >= 15 is 0 Å². The molecule has 0 saturated carbocycles. The van der Waals surface area contributed by atoms with Crippen LogP contribution in [0, 0.1) is 0 Å². The van der Waals surface area contributed by atoms with E-state index in [1.807, 2.05) is 25.1 Å². The quantitative estimate of drug-likeness (QED) is 0.348. The summed E-state index contributed by atoms with van der Waals surface area (Å²) >= 11 is 0. The van der Waals surface area contributed by atoms with Crippen molar-refractivity contribution < 1.29 is 4.74 Å². The van der Waals surface area contributed by atoms with E-state index in [0.717, 1.165) is 48.4 Å². The minimum absolute atomic E-state index is 0. The highest BCUT2D eigenvalue weighted by Crippen LogP contribution is 2.18. The molecule has 0 bridgehead atoms. The molecule has 0 unspecified atom stereocenters. The van der Waals surface area contributed by atoms with Crippen LogP contribution in [0.5, 0.6) is 5.75 Å². The van der Waals surface area contributed by atoms with E-state index in [9.17, 15) is 0 Å². The fourth-order valence-corrected chi connectivity index (χ4v) is 3.28. The van der Waals surface area contributed by atoms with Gasteiger partial charge in [0, 0.05) is 25.1 Å². The van der Waals surface area contributed by atoms with Crippen LogP contribution in [0.3, 0.4) is 0 Å². The Kier molecular flexibility index (Phi) is 9.52. The number of nitrogens with one attached hydrogen (secondary N) is 2. The molecule has 154 valence electrons. The van der Waals surface area contributed by atoms with Crippen LogP contribution in [-0.4, -0.2) is 33.9 Å². The summed E-state index contributed by atoms with van der Waals surface area (Å²) in [4.78, 5) is 4.71. The zero-order valence-corrected chi connectivity index (χ0v) is 19.1. The average molecular weight is 498 g/mol. The standard InChI is InChI=1S/C20H30N6O.HI/c1-3-21-20(22-14-16-10-7-8-11-17(16)27-4-2)23-15-19-25-24-18-12-6-5-9-13-26(18)19;/h7-8,10-11H,3-6,9,12-15H2,1-2H3,(H2,21,22,23);1H. The highest BCUT2D eigenvalue weighted by Gasteiger charge is 2.14. The molecule has 2 N–H and O–H groups in total. The van der Waals surface area contributed by atoms with Crippen LogP contribution in [-0.2, 0) is 26.1 Å². The third-order valence-electron chi connectivity index (χ3n) is 4.62. The van der Waals surface area contributed by atoms with Gasteiger partial charge in [0.1, 0.15) is 11.6 Å². The maximum Gasteiger partial charge on any atom is 0.191 e. The van der Waals surface area contributed by atoms with E-state index in [-0.39, 0.29) is 24.0 Å². The maximum absolute atomic E-state index is 5.69. The molecule has 0 fully saturated rings. The molecular formula is C20H31IN6O. The van der Waals surface area contributed by atoms with Gasteiger partial charge in [-0.3, -0.25) is 0 Å². The number of aryl methyl sites for hydroxylation is 1. The van der Waals surface area contributed by atoms with Gasteiger partial charge >= 0.3 is 0 Å². The van der Waals surface area contributed by atoms with Crippen LogP contribution in [0.4, 0.5) is 0 Å². The van der Waals surface area contributed by atoms with Gasteiger partial charge in [-0.05, 0) is 32.8 Å². The number of hydrogen-bond donors (Lipinski definition) is 2. The van der Waals surface area contributed by atoms with Gasteiger partial charge in [-0.2, -0.15) is 0 Å². The van der Waals surface area contributed by atoms with Crippen molar-refractivity contribution in [2.75, 3.05) is 13.2 Å². The number of ether oxygens (including phenoxy) is 1. The molecule has 0 saturated heterocycles. The number of benzene rings is 1. The molecule has 8 heteroatoms. The number of nitrogens with zero attached hydrogens (tertiary/aromatic N) is 4. The topological polar surface area (TPSA) is 76.4 Å². The Morgan fingerprint density at radius 2 is 2.00 bits per heavy atom. The van der Waals surface area contributed by atoms with Gasteiger partial charge in [-0.25, -0.2) is 4.99 Å². The molecule has 0 atom stereocenters. The third-order valence-corrected chi connectivity index (χ3v) is 4.62. The Morgan fingerprint density at radius 3 is 2.82 bits per heavy atom. The van der Waals surface area contributed by atoms with E-state index in [2.05, 4.69) is 38.4 Å². The molecule has 1 aromatic carbocycles. The van der Waals surface area contributed by atoms with Gasteiger partial charge < -0.3 is 19.9 Å². The Bertz CT molecular complexity index is 761. The number of fused-ring (bicyclic) bond motifs is 1. The predicted octanol–water partition coefficient (Wildman–Crippen LogP) is 3.28. The fourth-order valence-electron chi connectivity index (χ4n) is 3.28. The highest BCUT2D eigenvalue weighted by molar-refractivity contribution is 14.0. The van der Waals surface area contributed by atoms with Crippen molar-refractivity contribution in [1.29, 1.82) is 0 Å². The SMILES string of the molecule is CCNC(=NCc1ccccc1OCC)NCc1nnc2n1CCCCC2.I. The summed E-state index contributed by atoms with van der Waals surface area (Å²) in [5, 5.41) is 15.4. The molecule has 1 aliphatic rings. The summed E-state index contributed by atoms with van der Waals surface area (Å²) < 4.78 is 7.95. The molecule has 0 aliphatic carbocycles. The lowest BCUT2D eigenvalue weighted by Crippen LogP contribution is -2.37. The number of para-hydroxylation sites is 1. The molecule has 2 aromatic rings. The first-order valence-corrected chi connectivity index (χ1v) is 9.95. The molecule has 28 heavy (non-hydrogen) atoms. The van der Waals surface area contributed by atoms with Crippen molar-refractivity contribution in [2.45, 2.75) is 59.2 Å². The van der Waals surface area contributed by atoms with Crippen LogP contribution in [0.25, 0.3) is 0 Å². The maximum atomic E-state index is 5.69. The highest BCUT2D eigenvalue weighted by atomic mass is 127. The van der Waals surface area contributed by atoms with Gasteiger partial charge in [0.05, 0.1) is 19.7 Å². The number of guanidine groups is 1. The molecule has 0 spiro atoms. The zero-order chi connectivity index (χ0) is 18.9. The summed E-state index contributed by atoms with van der Waals surface area (Å²) in [6.45, 7) is 7.69. The van der Waals surface area contributed by atoms with Crippen molar-refractivity contribution in [3.8, 4) is 5.75 Å². The van der Waals surface area contributed by atoms with E-state index in [1.54, 1.807) is 0 Å². The minimum Gasteiger partial charge on any atom is -0.494 e. The van der Waals surface area contributed by atoms with Gasteiger partial charge in [0.15, 0.2) is 11.8 Å². The lowest BCUT2D eigenvalue weighted by atomic mass is 10.2. The Balaban J connectivity index is 0.00000280. The van der Waals surface area contributed by atoms with Crippen molar-refractivity contribution >= 4 is 29.9 Å². The molecule has 1 aliphatic heterocycles. The number of halogens is 1. The van der Waals surface area contributed by atoms with Gasteiger partial charge in [-0.15, -0.1) is 34.2 Å². The second kappa shape index (κ2) is 11.9. The summed E-state index contributed by atoms with van der Waals surface area (Å²) in [5.74, 6) is 3.75. The lowest BCUT2D eigenvalue weighted by Gasteiger charge is -2.13. The fraction of sp³-hybridized carbons (Fsp3) is 0.550. The van der Waals surface area contributed by atoms with E-state index in [4.69, 9.17) is 9.73 Å². The van der Waals surface area contributed by atoms with Gasteiger partial charge in [0.2, 0.25) is 0 Å². The van der Waals surface area contributed by atoms with Crippen LogP contribution >= 0.6 is 24.0 Å². The zero-order valence-electron chi connectivity index (χ0n) is 16.8. The number of hydrogen-bond acceptors (Lipinski definition) is 4. The van der Waals surface area contributed by atoms with Crippen molar-refractivity contribution in [1.82, 2.24) is 25.4 Å². The Labute approximate surface area is 184 Å². The molecule has 7 nitrogen and oxygen atoms in total. The molecule has 0 radical (unpaired) electrons.